The monoisotopic (exact) mass is 386 g/mol. The molecule has 29 heavy (non-hydrogen) atoms. The molecule has 1 unspecified atom stereocenters. The number of aliphatic hydroxyl groups excluding tert-OH is 1. The van der Waals surface area contributed by atoms with E-state index >= 15 is 0 Å². The van der Waals surface area contributed by atoms with E-state index in [0.717, 1.165) is 16.6 Å². The molecule has 0 saturated heterocycles. The topological polar surface area (TPSA) is 105 Å². The van der Waals surface area contributed by atoms with Gasteiger partial charge in [0.25, 0.3) is 0 Å². The molecule has 0 spiro atoms. The summed E-state index contributed by atoms with van der Waals surface area (Å²) >= 11 is 0. The van der Waals surface area contributed by atoms with Crippen LogP contribution in [0.5, 0.6) is 11.6 Å². The number of benzene rings is 1. The van der Waals surface area contributed by atoms with Gasteiger partial charge in [-0.1, -0.05) is 12.1 Å². The molecule has 0 fully saturated rings. The average molecular weight is 386 g/mol. The van der Waals surface area contributed by atoms with Crippen molar-refractivity contribution < 1.29 is 9.84 Å². The van der Waals surface area contributed by atoms with Gasteiger partial charge in [0, 0.05) is 36.6 Å². The van der Waals surface area contributed by atoms with Crippen LogP contribution in [0.3, 0.4) is 0 Å². The summed E-state index contributed by atoms with van der Waals surface area (Å²) in [5.74, 6) is 1.81. The summed E-state index contributed by atoms with van der Waals surface area (Å²) in [7, 11) is 1.81. The van der Waals surface area contributed by atoms with Gasteiger partial charge in [0.1, 0.15) is 17.7 Å². The maximum absolute atomic E-state index is 10.5. The van der Waals surface area contributed by atoms with E-state index in [1.54, 1.807) is 23.3 Å². The van der Waals surface area contributed by atoms with E-state index in [-0.39, 0.29) is 0 Å². The molecule has 5 aromatic rings. The second-order valence-electron chi connectivity index (χ2n) is 6.73. The molecule has 8 heteroatoms. The van der Waals surface area contributed by atoms with Crippen LogP contribution < -0.4 is 4.74 Å². The number of aromatic nitrogens is 6. The van der Waals surface area contributed by atoms with Crippen LogP contribution >= 0.6 is 0 Å². The molecular formula is C21H18N6O2. The number of rotatable bonds is 5. The van der Waals surface area contributed by atoms with E-state index in [1.807, 2.05) is 55.7 Å². The van der Waals surface area contributed by atoms with Gasteiger partial charge in [0.15, 0.2) is 0 Å². The van der Waals surface area contributed by atoms with E-state index in [0.29, 0.717) is 28.7 Å². The fourth-order valence-corrected chi connectivity index (χ4v) is 3.18. The number of pyridine rings is 1. The normalized spacial score (nSPS) is 12.3. The first-order chi connectivity index (χ1) is 14.2. The molecule has 0 aliphatic heterocycles. The Morgan fingerprint density at radius 3 is 2.93 bits per heavy atom. The van der Waals surface area contributed by atoms with E-state index in [1.165, 1.54) is 0 Å². The minimum absolute atomic E-state index is 0.515. The number of aliphatic hydroxyl groups is 1. The molecule has 1 aromatic carbocycles. The zero-order chi connectivity index (χ0) is 19.8. The second-order valence-corrected chi connectivity index (χ2v) is 6.73. The van der Waals surface area contributed by atoms with Crippen LogP contribution in [0.4, 0.5) is 0 Å². The van der Waals surface area contributed by atoms with Crippen molar-refractivity contribution in [3.05, 3.63) is 78.5 Å². The average Bonchev–Trinajstić information content (AvgIpc) is 3.48. The van der Waals surface area contributed by atoms with E-state index < -0.39 is 6.10 Å². The van der Waals surface area contributed by atoms with Gasteiger partial charge in [-0.25, -0.2) is 9.97 Å². The van der Waals surface area contributed by atoms with Crippen LogP contribution in [-0.2, 0) is 7.05 Å². The SMILES string of the molecule is Cn1cc(C(O)c2cnc(-c3cccc(Oc4ccc5[nH]ccc5n4)c3)[nH]2)cn1. The van der Waals surface area contributed by atoms with Crippen molar-refractivity contribution in [2.45, 2.75) is 6.10 Å². The van der Waals surface area contributed by atoms with Gasteiger partial charge in [-0.05, 0) is 24.3 Å². The number of nitrogens with zero attached hydrogens (tertiary/aromatic N) is 4. The van der Waals surface area contributed by atoms with Crippen molar-refractivity contribution in [2.24, 2.45) is 7.05 Å². The summed E-state index contributed by atoms with van der Waals surface area (Å²) < 4.78 is 7.57. The number of aromatic amines is 2. The van der Waals surface area contributed by atoms with Crippen molar-refractivity contribution in [3.63, 3.8) is 0 Å². The largest absolute Gasteiger partial charge is 0.439 e. The predicted octanol–water partition coefficient (Wildman–Crippen LogP) is 3.56. The number of H-pyrrole nitrogens is 2. The Bertz CT molecular complexity index is 1290. The minimum atomic E-state index is -0.818. The highest BCUT2D eigenvalue weighted by Gasteiger charge is 2.16. The van der Waals surface area contributed by atoms with Crippen molar-refractivity contribution in [1.82, 2.24) is 29.7 Å². The number of imidazole rings is 1. The molecule has 0 bridgehead atoms. The van der Waals surface area contributed by atoms with Crippen LogP contribution in [-0.4, -0.2) is 34.8 Å². The maximum atomic E-state index is 10.5. The molecule has 4 aromatic heterocycles. The summed E-state index contributed by atoms with van der Waals surface area (Å²) in [6.45, 7) is 0. The van der Waals surface area contributed by atoms with Gasteiger partial charge in [0.05, 0.1) is 29.1 Å². The Labute approximate surface area is 165 Å². The lowest BCUT2D eigenvalue weighted by Gasteiger charge is -2.07. The molecule has 4 heterocycles. The fourth-order valence-electron chi connectivity index (χ4n) is 3.18. The quantitative estimate of drug-likeness (QED) is 0.428. The van der Waals surface area contributed by atoms with E-state index in [4.69, 9.17) is 4.74 Å². The molecule has 144 valence electrons. The molecule has 0 amide bonds. The Kier molecular flexibility index (Phi) is 4.10. The number of fused-ring (bicyclic) bond motifs is 1. The minimum Gasteiger partial charge on any atom is -0.439 e. The number of nitrogens with one attached hydrogen (secondary N) is 2. The van der Waals surface area contributed by atoms with Crippen molar-refractivity contribution in [3.8, 4) is 23.0 Å². The van der Waals surface area contributed by atoms with Gasteiger partial charge < -0.3 is 19.8 Å². The maximum Gasteiger partial charge on any atom is 0.219 e. The van der Waals surface area contributed by atoms with Gasteiger partial charge >= 0.3 is 0 Å². The molecule has 0 aliphatic carbocycles. The Hall–Kier alpha value is -3.91. The molecule has 3 N–H and O–H groups in total. The van der Waals surface area contributed by atoms with Crippen LogP contribution in [0.25, 0.3) is 22.4 Å². The smallest absolute Gasteiger partial charge is 0.219 e. The third-order valence-electron chi connectivity index (χ3n) is 4.64. The van der Waals surface area contributed by atoms with E-state index in [2.05, 4.69) is 25.0 Å². The first-order valence-electron chi connectivity index (χ1n) is 9.10. The van der Waals surface area contributed by atoms with Gasteiger partial charge in [-0.3, -0.25) is 4.68 Å². The molecule has 0 radical (unpaired) electrons. The van der Waals surface area contributed by atoms with E-state index in [9.17, 15) is 5.11 Å². The molecule has 1 atom stereocenters. The van der Waals surface area contributed by atoms with Crippen LogP contribution in [0.1, 0.15) is 17.4 Å². The Morgan fingerprint density at radius 2 is 2.07 bits per heavy atom. The number of hydrogen-bond acceptors (Lipinski definition) is 5. The number of aryl methyl sites for hydroxylation is 1. The van der Waals surface area contributed by atoms with Crippen molar-refractivity contribution >= 4 is 11.0 Å². The second kappa shape index (κ2) is 6.92. The predicted molar refractivity (Wildman–Crippen MR) is 107 cm³/mol. The number of ether oxygens (including phenoxy) is 1. The lowest BCUT2D eigenvalue weighted by Crippen LogP contribution is -1.98. The first-order valence-corrected chi connectivity index (χ1v) is 9.10. The third-order valence-corrected chi connectivity index (χ3v) is 4.64. The fraction of sp³-hybridized carbons (Fsp3) is 0.0952. The molecule has 0 saturated carbocycles. The highest BCUT2D eigenvalue weighted by molar-refractivity contribution is 5.75. The Balaban J connectivity index is 1.39. The standard InChI is InChI=1S/C21H18N6O2/c1-27-12-14(10-24-27)20(28)18-11-23-21(26-18)13-3-2-4-15(9-13)29-19-6-5-16-17(25-19)7-8-22-16/h2-12,20,22,28H,1H3,(H,23,26). The van der Waals surface area contributed by atoms with Gasteiger partial charge in [0.2, 0.25) is 5.88 Å². The summed E-state index contributed by atoms with van der Waals surface area (Å²) in [5, 5.41) is 14.6. The van der Waals surface area contributed by atoms with Crippen molar-refractivity contribution in [2.75, 3.05) is 0 Å². The lowest BCUT2D eigenvalue weighted by atomic mass is 10.1. The Morgan fingerprint density at radius 1 is 1.14 bits per heavy atom. The molecule has 5 rings (SSSR count). The molecular weight excluding hydrogens is 368 g/mol. The molecule has 8 nitrogen and oxygen atoms in total. The highest BCUT2D eigenvalue weighted by atomic mass is 16.5. The van der Waals surface area contributed by atoms with Gasteiger partial charge in [-0.2, -0.15) is 5.10 Å². The highest BCUT2D eigenvalue weighted by Crippen LogP contribution is 2.28. The lowest BCUT2D eigenvalue weighted by molar-refractivity contribution is 0.216. The van der Waals surface area contributed by atoms with Crippen LogP contribution in [0.15, 0.2) is 67.3 Å². The summed E-state index contributed by atoms with van der Waals surface area (Å²) in [6.07, 6.45) is 6.06. The van der Waals surface area contributed by atoms with Crippen LogP contribution in [0, 0.1) is 0 Å². The zero-order valence-corrected chi connectivity index (χ0v) is 15.6. The summed E-state index contributed by atoms with van der Waals surface area (Å²) in [4.78, 5) is 15.2. The first kappa shape index (κ1) is 17.2. The van der Waals surface area contributed by atoms with Crippen molar-refractivity contribution in [1.29, 1.82) is 0 Å². The third kappa shape index (κ3) is 3.37. The zero-order valence-electron chi connectivity index (χ0n) is 15.6. The molecule has 0 aliphatic rings. The summed E-state index contributed by atoms with van der Waals surface area (Å²) in [6, 6.07) is 13.2. The van der Waals surface area contributed by atoms with Gasteiger partial charge in [-0.15, -0.1) is 0 Å². The number of hydrogen-bond donors (Lipinski definition) is 3. The summed E-state index contributed by atoms with van der Waals surface area (Å²) in [5.41, 5.74) is 3.94. The van der Waals surface area contributed by atoms with Crippen LogP contribution in [0.2, 0.25) is 0 Å².